The van der Waals surface area contributed by atoms with E-state index in [1.165, 1.54) is 0 Å². The summed E-state index contributed by atoms with van der Waals surface area (Å²) in [7, 11) is 0. The molecule has 1 fully saturated rings. The second-order valence-electron chi connectivity index (χ2n) is 8.01. The number of nitrogens with two attached hydrogens (primary N) is 1. The van der Waals surface area contributed by atoms with E-state index in [0.717, 1.165) is 48.3 Å². The molecule has 0 saturated heterocycles. The van der Waals surface area contributed by atoms with Crippen molar-refractivity contribution >= 4 is 11.6 Å². The van der Waals surface area contributed by atoms with E-state index in [0.29, 0.717) is 29.5 Å². The van der Waals surface area contributed by atoms with Crippen LogP contribution in [0.25, 0.3) is 17.0 Å². The van der Waals surface area contributed by atoms with E-state index >= 15 is 0 Å². The summed E-state index contributed by atoms with van der Waals surface area (Å²) in [5, 5.41) is 3.48. The van der Waals surface area contributed by atoms with Crippen molar-refractivity contribution in [2.24, 2.45) is 5.73 Å². The monoisotopic (exact) mass is 415 g/mol. The highest BCUT2D eigenvalue weighted by Gasteiger charge is 2.20. The standard InChI is InChI=1S/C23H25N7O/c1-15-11-27-23(28-17-6-4-16(24)5-7-17)29-22(15)20-13-26-21-9-8-19(14-30(20)21)31-18-3-2-10-25-12-18/h2-3,8-14,16-17H,4-7,24H2,1H3,(H,27,28,29). The lowest BCUT2D eigenvalue weighted by Gasteiger charge is -2.26. The van der Waals surface area contributed by atoms with Crippen molar-refractivity contribution in [3.8, 4) is 22.9 Å². The van der Waals surface area contributed by atoms with Gasteiger partial charge in [-0.2, -0.15) is 0 Å². The Balaban J connectivity index is 1.45. The van der Waals surface area contributed by atoms with Crippen LogP contribution < -0.4 is 15.8 Å². The van der Waals surface area contributed by atoms with Gasteiger partial charge in [0.25, 0.3) is 0 Å². The third-order valence-electron chi connectivity index (χ3n) is 5.67. The quantitative estimate of drug-likeness (QED) is 0.508. The largest absolute Gasteiger partial charge is 0.454 e. The van der Waals surface area contributed by atoms with Gasteiger partial charge in [0.1, 0.15) is 17.1 Å². The summed E-state index contributed by atoms with van der Waals surface area (Å²) in [6.07, 6.45) is 13.2. The first-order chi connectivity index (χ1) is 15.2. The fraction of sp³-hybridized carbons (Fsp3) is 0.304. The molecular formula is C23H25N7O. The van der Waals surface area contributed by atoms with Crippen molar-refractivity contribution in [1.29, 1.82) is 0 Å². The third kappa shape index (κ3) is 4.20. The minimum Gasteiger partial charge on any atom is -0.454 e. The molecule has 0 atom stereocenters. The van der Waals surface area contributed by atoms with Gasteiger partial charge in [0.2, 0.25) is 5.95 Å². The van der Waals surface area contributed by atoms with Gasteiger partial charge in [-0.15, -0.1) is 0 Å². The summed E-state index contributed by atoms with van der Waals surface area (Å²) < 4.78 is 7.93. The van der Waals surface area contributed by atoms with Gasteiger partial charge in [-0.3, -0.25) is 9.38 Å². The molecule has 8 heteroatoms. The first kappa shape index (κ1) is 19.4. The Morgan fingerprint density at radius 1 is 1.03 bits per heavy atom. The van der Waals surface area contributed by atoms with Gasteiger partial charge < -0.3 is 15.8 Å². The van der Waals surface area contributed by atoms with Crippen molar-refractivity contribution < 1.29 is 4.74 Å². The maximum atomic E-state index is 6.03. The Hall–Kier alpha value is -3.52. The molecule has 3 N–H and O–H groups in total. The van der Waals surface area contributed by atoms with Crippen LogP contribution in [0.15, 0.2) is 55.2 Å². The number of ether oxygens (including phenoxy) is 1. The van der Waals surface area contributed by atoms with Crippen LogP contribution >= 0.6 is 0 Å². The second kappa shape index (κ2) is 8.31. The molecule has 1 aliphatic rings. The predicted molar refractivity (Wildman–Crippen MR) is 119 cm³/mol. The highest BCUT2D eigenvalue weighted by atomic mass is 16.5. The molecule has 158 valence electrons. The summed E-state index contributed by atoms with van der Waals surface area (Å²) in [5.41, 5.74) is 9.57. The van der Waals surface area contributed by atoms with E-state index in [-0.39, 0.29) is 0 Å². The topological polar surface area (TPSA) is 103 Å². The van der Waals surface area contributed by atoms with Crippen LogP contribution in [-0.2, 0) is 0 Å². The van der Waals surface area contributed by atoms with E-state index in [9.17, 15) is 0 Å². The minimum atomic E-state index is 0.314. The van der Waals surface area contributed by atoms with Crippen molar-refractivity contribution in [1.82, 2.24) is 24.3 Å². The lowest BCUT2D eigenvalue weighted by molar-refractivity contribution is 0.410. The number of hydrogen-bond donors (Lipinski definition) is 2. The van der Waals surface area contributed by atoms with E-state index in [2.05, 4.69) is 20.3 Å². The second-order valence-corrected chi connectivity index (χ2v) is 8.01. The molecule has 31 heavy (non-hydrogen) atoms. The molecular weight excluding hydrogens is 390 g/mol. The molecule has 0 aromatic carbocycles. The summed E-state index contributed by atoms with van der Waals surface area (Å²) in [4.78, 5) is 18.0. The van der Waals surface area contributed by atoms with Crippen LogP contribution in [0.1, 0.15) is 31.2 Å². The Bertz CT molecular complexity index is 1180. The maximum absolute atomic E-state index is 6.03. The van der Waals surface area contributed by atoms with Crippen LogP contribution in [0.3, 0.4) is 0 Å². The number of fused-ring (bicyclic) bond motifs is 1. The zero-order valence-electron chi connectivity index (χ0n) is 17.4. The highest BCUT2D eigenvalue weighted by molar-refractivity contribution is 5.64. The summed E-state index contributed by atoms with van der Waals surface area (Å²) >= 11 is 0. The number of hydrogen-bond acceptors (Lipinski definition) is 7. The van der Waals surface area contributed by atoms with Gasteiger partial charge in [0.15, 0.2) is 0 Å². The average Bonchev–Trinajstić information content (AvgIpc) is 3.20. The van der Waals surface area contributed by atoms with Crippen molar-refractivity contribution in [3.63, 3.8) is 0 Å². The number of aryl methyl sites for hydroxylation is 1. The molecule has 4 heterocycles. The molecule has 5 rings (SSSR count). The average molecular weight is 416 g/mol. The zero-order valence-corrected chi connectivity index (χ0v) is 17.4. The van der Waals surface area contributed by atoms with Gasteiger partial charge in [0, 0.05) is 24.5 Å². The van der Waals surface area contributed by atoms with Crippen LogP contribution in [0.4, 0.5) is 5.95 Å². The summed E-state index contributed by atoms with van der Waals surface area (Å²) in [6.45, 7) is 2.01. The number of aromatic nitrogens is 5. The summed E-state index contributed by atoms with van der Waals surface area (Å²) in [5.74, 6) is 2.02. The number of imidazole rings is 1. The van der Waals surface area contributed by atoms with Gasteiger partial charge in [-0.1, -0.05) is 0 Å². The van der Waals surface area contributed by atoms with Crippen LogP contribution in [-0.4, -0.2) is 36.4 Å². The predicted octanol–water partition coefficient (Wildman–Crippen LogP) is 3.97. The third-order valence-corrected chi connectivity index (χ3v) is 5.67. The molecule has 1 saturated carbocycles. The smallest absolute Gasteiger partial charge is 0.223 e. The molecule has 0 unspecified atom stereocenters. The Kier molecular flexibility index (Phi) is 5.21. The van der Waals surface area contributed by atoms with Gasteiger partial charge in [-0.25, -0.2) is 15.0 Å². The zero-order chi connectivity index (χ0) is 21.2. The molecule has 0 radical (unpaired) electrons. The lowest BCUT2D eigenvalue weighted by atomic mass is 9.92. The SMILES string of the molecule is Cc1cnc(NC2CCC(N)CC2)nc1-c1cnc2ccc(Oc3cccnc3)cn12. The molecule has 4 aromatic rings. The Morgan fingerprint density at radius 3 is 2.71 bits per heavy atom. The normalized spacial score (nSPS) is 18.8. The van der Waals surface area contributed by atoms with E-state index in [1.807, 2.05) is 54.2 Å². The van der Waals surface area contributed by atoms with Gasteiger partial charge in [-0.05, 0) is 62.4 Å². The minimum absolute atomic E-state index is 0.314. The van der Waals surface area contributed by atoms with Crippen LogP contribution in [0.5, 0.6) is 11.5 Å². The van der Waals surface area contributed by atoms with Crippen LogP contribution in [0, 0.1) is 6.92 Å². The highest BCUT2D eigenvalue weighted by Crippen LogP contribution is 2.27. The molecule has 4 aromatic heterocycles. The van der Waals surface area contributed by atoms with Gasteiger partial charge in [0.05, 0.1) is 30.0 Å². The van der Waals surface area contributed by atoms with Crippen molar-refractivity contribution in [2.75, 3.05) is 5.32 Å². The van der Waals surface area contributed by atoms with Gasteiger partial charge >= 0.3 is 0 Å². The molecule has 8 nitrogen and oxygen atoms in total. The number of nitrogens with one attached hydrogen (secondary N) is 1. The summed E-state index contributed by atoms with van der Waals surface area (Å²) in [6, 6.07) is 8.21. The van der Waals surface area contributed by atoms with E-state index in [4.69, 9.17) is 15.5 Å². The maximum Gasteiger partial charge on any atom is 0.223 e. The number of rotatable bonds is 5. The fourth-order valence-electron chi connectivity index (χ4n) is 3.96. The van der Waals surface area contributed by atoms with E-state index in [1.54, 1.807) is 12.4 Å². The van der Waals surface area contributed by atoms with Crippen molar-refractivity contribution in [2.45, 2.75) is 44.7 Å². The number of nitrogens with zero attached hydrogens (tertiary/aromatic N) is 5. The Labute approximate surface area is 180 Å². The molecule has 0 aliphatic heterocycles. The lowest BCUT2D eigenvalue weighted by Crippen LogP contribution is -2.33. The molecule has 0 spiro atoms. The number of anilines is 1. The first-order valence-electron chi connectivity index (χ1n) is 10.6. The van der Waals surface area contributed by atoms with Crippen molar-refractivity contribution in [3.05, 3.63) is 60.8 Å². The number of pyridine rings is 2. The molecule has 0 amide bonds. The van der Waals surface area contributed by atoms with E-state index < -0.39 is 0 Å². The van der Waals surface area contributed by atoms with Crippen LogP contribution in [0.2, 0.25) is 0 Å². The Morgan fingerprint density at radius 2 is 1.90 bits per heavy atom. The first-order valence-corrected chi connectivity index (χ1v) is 10.6. The molecule has 1 aliphatic carbocycles. The fourth-order valence-corrected chi connectivity index (χ4v) is 3.96. The molecule has 0 bridgehead atoms.